The van der Waals surface area contributed by atoms with Gasteiger partial charge in [-0.05, 0) is 64.8 Å². The molecule has 7 nitrogen and oxygen atoms in total. The van der Waals surface area contributed by atoms with Crippen LogP contribution < -0.4 is 9.47 Å². The number of aromatic nitrogens is 2. The second-order valence-electron chi connectivity index (χ2n) is 8.90. The van der Waals surface area contributed by atoms with E-state index in [1.54, 1.807) is 12.3 Å². The number of ether oxygens (including phenoxy) is 3. The van der Waals surface area contributed by atoms with Crippen molar-refractivity contribution in [3.05, 3.63) is 47.9 Å². The van der Waals surface area contributed by atoms with Crippen molar-refractivity contribution in [3.63, 3.8) is 0 Å². The molecule has 1 aromatic heterocycles. The zero-order valence-electron chi connectivity index (χ0n) is 19.0. The summed E-state index contributed by atoms with van der Waals surface area (Å²) < 4.78 is 16.6. The average Bonchev–Trinajstić information content (AvgIpc) is 2.76. The molecule has 0 atom stereocenters. The summed E-state index contributed by atoms with van der Waals surface area (Å²) in [6.07, 6.45) is 6.47. The first-order valence-corrected chi connectivity index (χ1v) is 10.9. The maximum absolute atomic E-state index is 11.9. The second-order valence-corrected chi connectivity index (χ2v) is 8.90. The summed E-state index contributed by atoms with van der Waals surface area (Å²) in [4.78, 5) is 23.2. The molecule has 0 spiro atoms. The number of benzene rings is 1. The van der Waals surface area contributed by atoms with Crippen LogP contribution in [0.1, 0.15) is 49.7 Å². The van der Waals surface area contributed by atoms with Crippen LogP contribution in [0.5, 0.6) is 11.6 Å². The summed E-state index contributed by atoms with van der Waals surface area (Å²) in [5, 5.41) is 0. The normalized spacial score (nSPS) is 15.5. The average molecular weight is 428 g/mol. The largest absolute Gasteiger partial charge is 0.492 e. The number of likely N-dealkylation sites (tertiary alicyclic amines) is 1. The lowest BCUT2D eigenvalue weighted by Gasteiger charge is -2.31. The highest BCUT2D eigenvalue weighted by atomic mass is 16.5. The molecule has 0 radical (unpaired) electrons. The molecule has 1 fully saturated rings. The molecule has 0 saturated carbocycles. The molecule has 2 aromatic rings. The van der Waals surface area contributed by atoms with E-state index >= 15 is 0 Å². The van der Waals surface area contributed by atoms with Crippen molar-refractivity contribution in [2.45, 2.75) is 45.6 Å². The molecule has 168 valence electrons. The predicted molar refractivity (Wildman–Crippen MR) is 119 cm³/mol. The van der Waals surface area contributed by atoms with Gasteiger partial charge < -0.3 is 19.1 Å². The van der Waals surface area contributed by atoms with Gasteiger partial charge in [-0.2, -0.15) is 0 Å². The third-order valence-electron chi connectivity index (χ3n) is 5.23. The number of nitrogens with zero attached hydrogens (tertiary/aromatic N) is 3. The van der Waals surface area contributed by atoms with E-state index in [1.165, 1.54) is 7.11 Å². The minimum atomic E-state index is -0.370. The number of hydrogen-bond acceptors (Lipinski definition) is 7. The van der Waals surface area contributed by atoms with Gasteiger partial charge in [0.15, 0.2) is 0 Å². The number of piperidine rings is 1. The van der Waals surface area contributed by atoms with Crippen LogP contribution in [-0.2, 0) is 11.2 Å². The number of rotatable bonds is 8. The van der Waals surface area contributed by atoms with Crippen molar-refractivity contribution in [1.82, 2.24) is 14.9 Å². The molecular formula is C24H33N3O4. The summed E-state index contributed by atoms with van der Waals surface area (Å²) in [7, 11) is 1.38. The Hall–Kier alpha value is -2.67. The Labute approximate surface area is 184 Å². The van der Waals surface area contributed by atoms with Crippen molar-refractivity contribution < 1.29 is 19.0 Å². The van der Waals surface area contributed by atoms with Gasteiger partial charge in [0.2, 0.25) is 5.88 Å². The van der Waals surface area contributed by atoms with Gasteiger partial charge in [-0.3, -0.25) is 4.98 Å². The first kappa shape index (κ1) is 23.0. The fourth-order valence-electron chi connectivity index (χ4n) is 3.60. The zero-order chi connectivity index (χ0) is 22.3. The van der Waals surface area contributed by atoms with Crippen LogP contribution >= 0.6 is 0 Å². The van der Waals surface area contributed by atoms with Crippen molar-refractivity contribution >= 4 is 5.97 Å². The van der Waals surface area contributed by atoms with Gasteiger partial charge >= 0.3 is 5.97 Å². The Morgan fingerprint density at radius 2 is 1.90 bits per heavy atom. The summed E-state index contributed by atoms with van der Waals surface area (Å²) in [5.41, 5.74) is 1.14. The Balaban J connectivity index is 1.43. The Morgan fingerprint density at radius 3 is 2.61 bits per heavy atom. The molecular weight excluding hydrogens is 394 g/mol. The minimum Gasteiger partial charge on any atom is -0.492 e. The van der Waals surface area contributed by atoms with Crippen LogP contribution in [0.3, 0.4) is 0 Å². The van der Waals surface area contributed by atoms with Crippen LogP contribution in [0.25, 0.3) is 0 Å². The van der Waals surface area contributed by atoms with E-state index in [4.69, 9.17) is 14.2 Å². The van der Waals surface area contributed by atoms with Crippen molar-refractivity contribution in [2.24, 2.45) is 5.92 Å². The molecule has 1 aliphatic rings. The van der Waals surface area contributed by atoms with E-state index in [-0.39, 0.29) is 11.6 Å². The molecule has 0 amide bonds. The molecule has 1 saturated heterocycles. The highest BCUT2D eigenvalue weighted by Gasteiger charge is 2.21. The standard InChI is InChI=1S/C24H33N3O4/c1-24(2,3)31-22-16-25-15-19(26-22)11-14-27-12-9-18(10-13-27)17-30-21-8-6-5-7-20(21)23(28)29-4/h5-8,15-16,18H,9-14,17H2,1-4H3. The number of methoxy groups -OCH3 is 1. The fourth-order valence-corrected chi connectivity index (χ4v) is 3.60. The van der Waals surface area contributed by atoms with E-state index < -0.39 is 0 Å². The third kappa shape index (κ3) is 7.21. The maximum atomic E-state index is 11.9. The van der Waals surface area contributed by atoms with E-state index in [1.807, 2.05) is 45.2 Å². The zero-order valence-corrected chi connectivity index (χ0v) is 19.0. The van der Waals surface area contributed by atoms with E-state index in [0.29, 0.717) is 29.7 Å². The number of esters is 1. The molecule has 1 aliphatic heterocycles. The van der Waals surface area contributed by atoms with Crippen LogP contribution in [0.15, 0.2) is 36.7 Å². The highest BCUT2D eigenvalue weighted by Crippen LogP contribution is 2.23. The van der Waals surface area contributed by atoms with Gasteiger partial charge in [-0.15, -0.1) is 0 Å². The molecule has 31 heavy (non-hydrogen) atoms. The lowest BCUT2D eigenvalue weighted by molar-refractivity contribution is 0.0593. The predicted octanol–water partition coefficient (Wildman–Crippen LogP) is 3.77. The molecule has 7 heteroatoms. The Morgan fingerprint density at radius 1 is 1.16 bits per heavy atom. The summed E-state index contributed by atoms with van der Waals surface area (Å²) >= 11 is 0. The van der Waals surface area contributed by atoms with E-state index in [2.05, 4.69) is 14.9 Å². The lowest BCUT2D eigenvalue weighted by Crippen LogP contribution is -2.36. The second kappa shape index (κ2) is 10.6. The highest BCUT2D eigenvalue weighted by molar-refractivity contribution is 5.92. The topological polar surface area (TPSA) is 73.8 Å². The van der Waals surface area contributed by atoms with Gasteiger partial charge in [0.1, 0.15) is 16.9 Å². The maximum Gasteiger partial charge on any atom is 0.341 e. The number of carbonyl (C=O) groups is 1. The Kier molecular flexibility index (Phi) is 7.85. The molecule has 1 aromatic carbocycles. The first-order chi connectivity index (χ1) is 14.8. The van der Waals surface area contributed by atoms with Crippen molar-refractivity contribution in [2.75, 3.05) is 33.4 Å². The molecule has 3 rings (SSSR count). The molecule has 0 unspecified atom stereocenters. The van der Waals surface area contributed by atoms with Crippen LogP contribution in [0.2, 0.25) is 0 Å². The molecule has 2 heterocycles. The Bertz CT molecular complexity index is 858. The molecule has 0 N–H and O–H groups in total. The number of hydrogen-bond donors (Lipinski definition) is 0. The summed E-state index contributed by atoms with van der Waals surface area (Å²) in [6.45, 7) is 9.62. The van der Waals surface area contributed by atoms with Crippen LogP contribution in [-0.4, -0.2) is 59.8 Å². The summed E-state index contributed by atoms with van der Waals surface area (Å²) in [6, 6.07) is 7.23. The fraction of sp³-hybridized carbons (Fsp3) is 0.542. The molecule has 0 bridgehead atoms. The van der Waals surface area contributed by atoms with Crippen LogP contribution in [0, 0.1) is 5.92 Å². The van der Waals surface area contributed by atoms with Gasteiger partial charge in [0, 0.05) is 19.2 Å². The smallest absolute Gasteiger partial charge is 0.341 e. The third-order valence-corrected chi connectivity index (χ3v) is 5.23. The quantitative estimate of drug-likeness (QED) is 0.594. The van der Waals surface area contributed by atoms with Crippen molar-refractivity contribution in [3.8, 4) is 11.6 Å². The van der Waals surface area contributed by atoms with Gasteiger partial charge in [0.25, 0.3) is 0 Å². The number of para-hydroxylation sites is 1. The van der Waals surface area contributed by atoms with Gasteiger partial charge in [-0.1, -0.05) is 12.1 Å². The monoisotopic (exact) mass is 427 g/mol. The SMILES string of the molecule is COC(=O)c1ccccc1OCC1CCN(CCc2cncc(OC(C)(C)C)n2)CC1. The van der Waals surface area contributed by atoms with Gasteiger partial charge in [-0.25, -0.2) is 9.78 Å². The van der Waals surface area contributed by atoms with Crippen molar-refractivity contribution in [1.29, 1.82) is 0 Å². The van der Waals surface area contributed by atoms with E-state index in [0.717, 1.165) is 44.6 Å². The number of carbonyl (C=O) groups excluding carboxylic acids is 1. The van der Waals surface area contributed by atoms with Crippen LogP contribution in [0.4, 0.5) is 0 Å². The minimum absolute atomic E-state index is 0.283. The first-order valence-electron chi connectivity index (χ1n) is 10.9. The summed E-state index contributed by atoms with van der Waals surface area (Å²) in [5.74, 6) is 1.27. The molecule has 0 aliphatic carbocycles. The van der Waals surface area contributed by atoms with Gasteiger partial charge in [0.05, 0.1) is 25.6 Å². The lowest BCUT2D eigenvalue weighted by atomic mass is 9.97. The van der Waals surface area contributed by atoms with E-state index in [9.17, 15) is 4.79 Å².